The molecule has 1 heterocycles. The number of allylic oxidation sites excluding steroid dienone is 4. The van der Waals surface area contributed by atoms with Gasteiger partial charge in [0.2, 0.25) is 0 Å². The van der Waals surface area contributed by atoms with Crippen LogP contribution in [0.5, 0.6) is 0 Å². The first-order chi connectivity index (χ1) is 10.6. The standard InChI is InChI=1S/C18H19NO3/c1-4-7-13(5-2)14-8-6-9-15-16(21)12-17(22-18(14)15)19(3)10-11-20/h4-9,12,20H,1-2,10-11H2,3H3/b13-7+. The summed E-state index contributed by atoms with van der Waals surface area (Å²) in [6, 6.07) is 6.85. The summed E-state index contributed by atoms with van der Waals surface area (Å²) in [4.78, 5) is 14.0. The minimum absolute atomic E-state index is 0.0197. The second-order valence-corrected chi connectivity index (χ2v) is 4.84. The lowest BCUT2D eigenvalue weighted by molar-refractivity contribution is 0.302. The molecular formula is C18H19NO3. The largest absolute Gasteiger partial charge is 0.440 e. The normalized spacial score (nSPS) is 11.5. The van der Waals surface area contributed by atoms with Gasteiger partial charge in [0, 0.05) is 25.2 Å². The molecule has 2 rings (SSSR count). The first-order valence-electron chi connectivity index (χ1n) is 6.96. The van der Waals surface area contributed by atoms with E-state index in [9.17, 15) is 4.79 Å². The Morgan fingerprint density at radius 1 is 1.41 bits per heavy atom. The van der Waals surface area contributed by atoms with Crippen LogP contribution in [-0.4, -0.2) is 25.3 Å². The molecule has 4 nitrogen and oxygen atoms in total. The average molecular weight is 297 g/mol. The van der Waals surface area contributed by atoms with E-state index in [-0.39, 0.29) is 12.0 Å². The molecular weight excluding hydrogens is 278 g/mol. The van der Waals surface area contributed by atoms with Crippen molar-refractivity contribution >= 4 is 22.4 Å². The molecule has 0 radical (unpaired) electrons. The van der Waals surface area contributed by atoms with Gasteiger partial charge in [0.25, 0.3) is 0 Å². The van der Waals surface area contributed by atoms with Gasteiger partial charge in [0.05, 0.1) is 12.0 Å². The lowest BCUT2D eigenvalue weighted by Crippen LogP contribution is -2.22. The maximum absolute atomic E-state index is 12.3. The smallest absolute Gasteiger partial charge is 0.199 e. The minimum atomic E-state index is -0.120. The quantitative estimate of drug-likeness (QED) is 0.833. The molecule has 114 valence electrons. The second-order valence-electron chi connectivity index (χ2n) is 4.84. The highest BCUT2D eigenvalue weighted by molar-refractivity contribution is 5.92. The van der Waals surface area contributed by atoms with Crippen LogP contribution < -0.4 is 10.3 Å². The number of hydrogen-bond acceptors (Lipinski definition) is 4. The van der Waals surface area contributed by atoms with Crippen LogP contribution in [0.4, 0.5) is 5.88 Å². The van der Waals surface area contributed by atoms with E-state index in [1.54, 1.807) is 30.2 Å². The van der Waals surface area contributed by atoms with E-state index in [0.717, 1.165) is 11.1 Å². The third-order valence-electron chi connectivity index (χ3n) is 3.38. The predicted octanol–water partition coefficient (Wildman–Crippen LogP) is 2.98. The van der Waals surface area contributed by atoms with Crippen LogP contribution in [-0.2, 0) is 0 Å². The van der Waals surface area contributed by atoms with Gasteiger partial charge in [0.15, 0.2) is 11.3 Å². The van der Waals surface area contributed by atoms with Crippen molar-refractivity contribution in [1.82, 2.24) is 0 Å². The van der Waals surface area contributed by atoms with Crippen LogP contribution in [0.3, 0.4) is 0 Å². The van der Waals surface area contributed by atoms with Gasteiger partial charge in [-0.15, -0.1) is 0 Å². The zero-order chi connectivity index (χ0) is 16.1. The first kappa shape index (κ1) is 15.8. The molecule has 0 aliphatic rings. The van der Waals surface area contributed by atoms with Crippen molar-refractivity contribution in [3.8, 4) is 0 Å². The molecule has 22 heavy (non-hydrogen) atoms. The Hall–Kier alpha value is -2.59. The van der Waals surface area contributed by atoms with Crippen molar-refractivity contribution in [2.24, 2.45) is 0 Å². The summed E-state index contributed by atoms with van der Waals surface area (Å²) in [5.74, 6) is 0.418. The monoisotopic (exact) mass is 297 g/mol. The molecule has 0 amide bonds. The molecule has 0 unspecified atom stereocenters. The van der Waals surface area contributed by atoms with Crippen molar-refractivity contribution in [3.63, 3.8) is 0 Å². The molecule has 0 spiro atoms. The van der Waals surface area contributed by atoms with E-state index in [1.807, 2.05) is 18.2 Å². The number of anilines is 1. The molecule has 0 aliphatic heterocycles. The Morgan fingerprint density at radius 2 is 2.18 bits per heavy atom. The van der Waals surface area contributed by atoms with Gasteiger partial charge in [-0.05, 0) is 11.6 Å². The number of rotatable bonds is 6. The van der Waals surface area contributed by atoms with Crippen molar-refractivity contribution < 1.29 is 9.52 Å². The fourth-order valence-electron chi connectivity index (χ4n) is 2.24. The molecule has 1 aromatic carbocycles. The molecule has 0 saturated carbocycles. The van der Waals surface area contributed by atoms with Crippen LogP contribution >= 0.6 is 0 Å². The number of hydrogen-bond donors (Lipinski definition) is 1. The summed E-state index contributed by atoms with van der Waals surface area (Å²) in [6.45, 7) is 7.84. The lowest BCUT2D eigenvalue weighted by atomic mass is 10.0. The number of fused-ring (bicyclic) bond motifs is 1. The topological polar surface area (TPSA) is 53.7 Å². The van der Waals surface area contributed by atoms with Gasteiger partial charge in [-0.2, -0.15) is 0 Å². The minimum Gasteiger partial charge on any atom is -0.440 e. The fourth-order valence-corrected chi connectivity index (χ4v) is 2.24. The highest BCUT2D eigenvalue weighted by atomic mass is 16.4. The molecule has 0 atom stereocenters. The number of nitrogens with zero attached hydrogens (tertiary/aromatic N) is 1. The highest BCUT2D eigenvalue weighted by Gasteiger charge is 2.12. The number of para-hydroxylation sites is 1. The van der Waals surface area contributed by atoms with Gasteiger partial charge < -0.3 is 14.4 Å². The van der Waals surface area contributed by atoms with Crippen molar-refractivity contribution in [1.29, 1.82) is 0 Å². The third kappa shape index (κ3) is 3.02. The summed E-state index contributed by atoms with van der Waals surface area (Å²) >= 11 is 0. The summed E-state index contributed by atoms with van der Waals surface area (Å²) in [5, 5.41) is 9.55. The fraction of sp³-hybridized carbons (Fsp3) is 0.167. The van der Waals surface area contributed by atoms with Gasteiger partial charge in [-0.25, -0.2) is 0 Å². The van der Waals surface area contributed by atoms with Gasteiger partial charge in [-0.1, -0.05) is 43.5 Å². The molecule has 0 aliphatic carbocycles. The zero-order valence-corrected chi connectivity index (χ0v) is 12.6. The van der Waals surface area contributed by atoms with E-state index in [2.05, 4.69) is 13.2 Å². The maximum Gasteiger partial charge on any atom is 0.199 e. The Morgan fingerprint density at radius 3 is 2.82 bits per heavy atom. The molecule has 0 fully saturated rings. The number of likely N-dealkylation sites (N-methyl/N-ethyl adjacent to an activating group) is 1. The van der Waals surface area contributed by atoms with E-state index in [1.165, 1.54) is 6.07 Å². The molecule has 1 N–H and O–H groups in total. The Labute approximate surface area is 129 Å². The summed E-state index contributed by atoms with van der Waals surface area (Å²) in [5.41, 5.74) is 1.99. The Balaban J connectivity index is 2.74. The SMILES string of the molecule is C=C/C=C(\C=C)c1cccc2c(=O)cc(N(C)CCO)oc12. The van der Waals surface area contributed by atoms with E-state index in [0.29, 0.717) is 23.4 Å². The third-order valence-corrected chi connectivity index (χ3v) is 3.38. The predicted molar refractivity (Wildman–Crippen MR) is 91.2 cm³/mol. The van der Waals surface area contributed by atoms with Crippen LogP contribution in [0.1, 0.15) is 5.56 Å². The molecule has 1 aromatic heterocycles. The summed E-state index contributed by atoms with van der Waals surface area (Å²) < 4.78 is 5.91. The number of aliphatic hydroxyl groups is 1. The first-order valence-corrected chi connectivity index (χ1v) is 6.96. The van der Waals surface area contributed by atoms with E-state index < -0.39 is 0 Å². The van der Waals surface area contributed by atoms with Crippen molar-refractivity contribution in [2.45, 2.75) is 0 Å². The van der Waals surface area contributed by atoms with Gasteiger partial charge in [-0.3, -0.25) is 4.79 Å². The summed E-state index contributed by atoms with van der Waals surface area (Å²) in [6.07, 6.45) is 5.17. The Kier molecular flexibility index (Phi) is 4.96. The number of benzene rings is 1. The second kappa shape index (κ2) is 6.91. The van der Waals surface area contributed by atoms with Crippen LogP contribution in [0, 0.1) is 0 Å². The maximum atomic E-state index is 12.3. The average Bonchev–Trinajstić information content (AvgIpc) is 2.52. The lowest BCUT2D eigenvalue weighted by Gasteiger charge is -2.17. The van der Waals surface area contributed by atoms with Crippen LogP contribution in [0.25, 0.3) is 16.5 Å². The molecule has 0 bridgehead atoms. The van der Waals surface area contributed by atoms with Crippen molar-refractivity contribution in [2.75, 3.05) is 25.1 Å². The molecule has 2 aromatic rings. The molecule has 4 heteroatoms. The number of aliphatic hydroxyl groups excluding tert-OH is 1. The van der Waals surface area contributed by atoms with E-state index in [4.69, 9.17) is 9.52 Å². The molecule has 0 saturated heterocycles. The Bertz CT molecular complexity index is 787. The zero-order valence-electron chi connectivity index (χ0n) is 12.6. The van der Waals surface area contributed by atoms with Gasteiger partial charge in [0.1, 0.15) is 5.58 Å². The van der Waals surface area contributed by atoms with Crippen LogP contribution in [0.2, 0.25) is 0 Å². The van der Waals surface area contributed by atoms with E-state index >= 15 is 0 Å². The summed E-state index contributed by atoms with van der Waals surface area (Å²) in [7, 11) is 1.76. The van der Waals surface area contributed by atoms with Crippen LogP contribution in [0.15, 0.2) is 64.9 Å². The highest BCUT2D eigenvalue weighted by Crippen LogP contribution is 2.27. The van der Waals surface area contributed by atoms with Crippen molar-refractivity contribution in [3.05, 3.63) is 71.4 Å². The van der Waals surface area contributed by atoms with Gasteiger partial charge >= 0.3 is 0 Å².